The van der Waals surface area contributed by atoms with Crippen molar-refractivity contribution in [2.75, 3.05) is 26.9 Å². The Bertz CT molecular complexity index is 572. The third-order valence-corrected chi connectivity index (χ3v) is 3.20. The standard InChI is InChI=1S/C14H18ClFN2O2/c1-10(15)14-17-13-11(16)4-3-5-12(13)18(14)6-7-20-9-8-19-2/h3-5,10H,6-9H2,1-2H3. The van der Waals surface area contributed by atoms with Crippen molar-refractivity contribution < 1.29 is 13.9 Å². The van der Waals surface area contributed by atoms with E-state index in [1.54, 1.807) is 13.2 Å². The lowest BCUT2D eigenvalue weighted by Crippen LogP contribution is -2.12. The zero-order valence-corrected chi connectivity index (χ0v) is 12.4. The number of methoxy groups -OCH3 is 1. The molecule has 0 fully saturated rings. The molecule has 0 saturated heterocycles. The Morgan fingerprint density at radius 2 is 2.15 bits per heavy atom. The number of hydrogen-bond acceptors (Lipinski definition) is 3. The first-order chi connectivity index (χ1) is 9.65. The predicted molar refractivity (Wildman–Crippen MR) is 76.7 cm³/mol. The third-order valence-electron chi connectivity index (χ3n) is 3.01. The number of ether oxygens (including phenoxy) is 2. The number of fused-ring (bicyclic) bond motifs is 1. The molecule has 20 heavy (non-hydrogen) atoms. The van der Waals surface area contributed by atoms with Crippen molar-refractivity contribution in [2.24, 2.45) is 0 Å². The summed E-state index contributed by atoms with van der Waals surface area (Å²) >= 11 is 6.13. The van der Waals surface area contributed by atoms with Gasteiger partial charge in [0.1, 0.15) is 11.3 Å². The quantitative estimate of drug-likeness (QED) is 0.582. The molecule has 0 aliphatic rings. The monoisotopic (exact) mass is 300 g/mol. The number of halogens is 2. The molecular weight excluding hydrogens is 283 g/mol. The molecule has 2 aromatic rings. The molecular formula is C14H18ClFN2O2. The van der Waals surface area contributed by atoms with Gasteiger partial charge in [0.15, 0.2) is 5.82 Å². The van der Waals surface area contributed by atoms with Gasteiger partial charge in [-0.3, -0.25) is 0 Å². The number of imidazole rings is 1. The summed E-state index contributed by atoms with van der Waals surface area (Å²) in [4.78, 5) is 4.30. The summed E-state index contributed by atoms with van der Waals surface area (Å²) in [5.74, 6) is 0.322. The van der Waals surface area contributed by atoms with Gasteiger partial charge >= 0.3 is 0 Å². The third kappa shape index (κ3) is 3.29. The minimum absolute atomic E-state index is 0.291. The fraction of sp³-hybridized carbons (Fsp3) is 0.500. The molecule has 1 heterocycles. The largest absolute Gasteiger partial charge is 0.382 e. The Balaban J connectivity index is 2.21. The van der Waals surface area contributed by atoms with Crippen LogP contribution in [0.5, 0.6) is 0 Å². The summed E-state index contributed by atoms with van der Waals surface area (Å²) in [5, 5.41) is -0.291. The number of aromatic nitrogens is 2. The Labute approximate surface area is 122 Å². The smallest absolute Gasteiger partial charge is 0.151 e. The molecule has 1 unspecified atom stereocenters. The van der Waals surface area contributed by atoms with Crippen molar-refractivity contribution >= 4 is 22.6 Å². The Morgan fingerprint density at radius 3 is 2.85 bits per heavy atom. The van der Waals surface area contributed by atoms with Crippen LogP contribution in [0.1, 0.15) is 18.1 Å². The van der Waals surface area contributed by atoms with E-state index < -0.39 is 0 Å². The van der Waals surface area contributed by atoms with E-state index in [1.807, 2.05) is 17.6 Å². The van der Waals surface area contributed by atoms with E-state index in [4.69, 9.17) is 21.1 Å². The molecule has 0 bridgehead atoms. The second kappa shape index (κ2) is 7.02. The number of para-hydroxylation sites is 1. The molecule has 0 saturated carbocycles. The van der Waals surface area contributed by atoms with Crippen molar-refractivity contribution in [1.82, 2.24) is 9.55 Å². The normalized spacial score (nSPS) is 13.0. The summed E-state index contributed by atoms with van der Waals surface area (Å²) in [6.07, 6.45) is 0. The highest BCUT2D eigenvalue weighted by molar-refractivity contribution is 6.20. The second-order valence-electron chi connectivity index (χ2n) is 4.45. The van der Waals surface area contributed by atoms with E-state index >= 15 is 0 Å². The Morgan fingerprint density at radius 1 is 1.35 bits per heavy atom. The first kappa shape index (κ1) is 15.2. The van der Waals surface area contributed by atoms with Crippen LogP contribution >= 0.6 is 11.6 Å². The number of nitrogens with zero attached hydrogens (tertiary/aromatic N) is 2. The highest BCUT2D eigenvalue weighted by Crippen LogP contribution is 2.25. The van der Waals surface area contributed by atoms with E-state index in [0.29, 0.717) is 37.7 Å². The summed E-state index contributed by atoms with van der Waals surface area (Å²) in [7, 11) is 1.63. The first-order valence-electron chi connectivity index (χ1n) is 6.50. The molecule has 0 amide bonds. The lowest BCUT2D eigenvalue weighted by atomic mass is 10.3. The zero-order chi connectivity index (χ0) is 14.5. The number of alkyl halides is 1. The van der Waals surface area contributed by atoms with Crippen LogP contribution in [0.4, 0.5) is 4.39 Å². The fourth-order valence-electron chi connectivity index (χ4n) is 2.07. The molecule has 0 radical (unpaired) electrons. The van der Waals surface area contributed by atoms with Crippen LogP contribution in [0.3, 0.4) is 0 Å². The van der Waals surface area contributed by atoms with Crippen LogP contribution < -0.4 is 0 Å². The van der Waals surface area contributed by atoms with E-state index in [2.05, 4.69) is 4.98 Å². The first-order valence-corrected chi connectivity index (χ1v) is 6.94. The predicted octanol–water partition coefficient (Wildman–Crippen LogP) is 3.14. The minimum Gasteiger partial charge on any atom is -0.382 e. The number of hydrogen-bond donors (Lipinski definition) is 0. The van der Waals surface area contributed by atoms with Crippen LogP contribution in [0, 0.1) is 5.82 Å². The van der Waals surface area contributed by atoms with Gasteiger partial charge in [-0.25, -0.2) is 9.37 Å². The van der Waals surface area contributed by atoms with E-state index in [9.17, 15) is 4.39 Å². The van der Waals surface area contributed by atoms with Gasteiger partial charge in [0.05, 0.1) is 30.7 Å². The van der Waals surface area contributed by atoms with Gasteiger partial charge in [-0.15, -0.1) is 11.6 Å². The molecule has 2 rings (SSSR count). The van der Waals surface area contributed by atoms with Gasteiger partial charge in [-0.2, -0.15) is 0 Å². The zero-order valence-electron chi connectivity index (χ0n) is 11.6. The SMILES string of the molecule is COCCOCCn1c(C(C)Cl)nc2c(F)cccc21. The average Bonchev–Trinajstić information content (AvgIpc) is 2.79. The van der Waals surface area contributed by atoms with Gasteiger partial charge in [0.25, 0.3) is 0 Å². The summed E-state index contributed by atoms with van der Waals surface area (Å²) < 4.78 is 26.0. The summed E-state index contributed by atoms with van der Waals surface area (Å²) in [5.41, 5.74) is 1.09. The number of rotatable bonds is 7. The van der Waals surface area contributed by atoms with Crippen molar-refractivity contribution in [3.8, 4) is 0 Å². The molecule has 110 valence electrons. The van der Waals surface area contributed by atoms with Crippen molar-refractivity contribution in [1.29, 1.82) is 0 Å². The molecule has 1 atom stereocenters. The van der Waals surface area contributed by atoms with Gasteiger partial charge in [0.2, 0.25) is 0 Å². The molecule has 4 nitrogen and oxygen atoms in total. The maximum Gasteiger partial charge on any atom is 0.151 e. The van der Waals surface area contributed by atoms with Gasteiger partial charge < -0.3 is 14.0 Å². The molecule has 0 aliphatic heterocycles. The summed E-state index contributed by atoms with van der Waals surface area (Å²) in [6.45, 7) is 3.99. The van der Waals surface area contributed by atoms with Crippen molar-refractivity contribution in [2.45, 2.75) is 18.8 Å². The molecule has 1 aromatic heterocycles. The van der Waals surface area contributed by atoms with Gasteiger partial charge in [0, 0.05) is 13.7 Å². The highest BCUT2D eigenvalue weighted by atomic mass is 35.5. The van der Waals surface area contributed by atoms with Crippen LogP contribution in [0.2, 0.25) is 0 Å². The topological polar surface area (TPSA) is 36.3 Å². The average molecular weight is 301 g/mol. The van der Waals surface area contributed by atoms with Gasteiger partial charge in [-0.05, 0) is 19.1 Å². The second-order valence-corrected chi connectivity index (χ2v) is 5.11. The van der Waals surface area contributed by atoms with Crippen molar-refractivity contribution in [3.05, 3.63) is 29.8 Å². The van der Waals surface area contributed by atoms with Crippen LogP contribution in [0.25, 0.3) is 11.0 Å². The van der Waals surface area contributed by atoms with E-state index in [-0.39, 0.29) is 11.2 Å². The Hall–Kier alpha value is -1.17. The molecule has 6 heteroatoms. The lowest BCUT2D eigenvalue weighted by Gasteiger charge is -2.10. The molecule has 0 spiro atoms. The van der Waals surface area contributed by atoms with Crippen LogP contribution in [-0.4, -0.2) is 36.5 Å². The maximum absolute atomic E-state index is 13.8. The lowest BCUT2D eigenvalue weighted by molar-refractivity contribution is 0.0667. The highest BCUT2D eigenvalue weighted by Gasteiger charge is 2.16. The van der Waals surface area contributed by atoms with E-state index in [0.717, 1.165) is 5.52 Å². The maximum atomic E-state index is 13.8. The fourth-order valence-corrected chi connectivity index (χ4v) is 2.24. The molecule has 0 N–H and O–H groups in total. The Kier molecular flexibility index (Phi) is 5.34. The van der Waals surface area contributed by atoms with Crippen LogP contribution in [0.15, 0.2) is 18.2 Å². The van der Waals surface area contributed by atoms with Crippen molar-refractivity contribution in [3.63, 3.8) is 0 Å². The minimum atomic E-state index is -0.333. The molecule has 0 aliphatic carbocycles. The van der Waals surface area contributed by atoms with Gasteiger partial charge in [-0.1, -0.05) is 6.07 Å². The summed E-state index contributed by atoms with van der Waals surface area (Å²) in [6, 6.07) is 4.91. The van der Waals surface area contributed by atoms with E-state index in [1.165, 1.54) is 6.07 Å². The van der Waals surface area contributed by atoms with Crippen LogP contribution in [-0.2, 0) is 16.0 Å². The number of benzene rings is 1. The molecule has 1 aromatic carbocycles.